The van der Waals surface area contributed by atoms with Gasteiger partial charge in [0.15, 0.2) is 0 Å². The quantitative estimate of drug-likeness (QED) is 0.662. The van der Waals surface area contributed by atoms with Gasteiger partial charge in [0.2, 0.25) is 5.91 Å². The van der Waals surface area contributed by atoms with Crippen molar-refractivity contribution in [1.82, 2.24) is 4.90 Å². The van der Waals surface area contributed by atoms with Gasteiger partial charge in [-0.3, -0.25) is 4.79 Å². The monoisotopic (exact) mass is 185 g/mol. The minimum atomic E-state index is 0.352. The van der Waals surface area contributed by atoms with E-state index in [1.807, 2.05) is 18.7 Å². The molecule has 0 spiro atoms. The predicted octanol–water partition coefficient (Wildman–Crippen LogP) is 2.68. The standard InChI is InChI=1S/C9H17NO.C2H6/c1-3-8(2)7-10-6-4-5-9(10)11;1-2/h8H,3-7H2,1-2H3;1-2H3/t8-;/m0./s1. The molecule has 0 radical (unpaired) electrons. The molecule has 0 aliphatic carbocycles. The van der Waals surface area contributed by atoms with Gasteiger partial charge < -0.3 is 4.90 Å². The van der Waals surface area contributed by atoms with Crippen molar-refractivity contribution < 1.29 is 4.79 Å². The second kappa shape index (κ2) is 6.93. The number of rotatable bonds is 3. The Morgan fingerprint density at radius 2 is 2.08 bits per heavy atom. The molecule has 0 aromatic carbocycles. The highest BCUT2D eigenvalue weighted by atomic mass is 16.2. The lowest BCUT2D eigenvalue weighted by atomic mass is 10.1. The Hall–Kier alpha value is -0.530. The van der Waals surface area contributed by atoms with Gasteiger partial charge in [-0.15, -0.1) is 0 Å². The van der Waals surface area contributed by atoms with Gasteiger partial charge in [0.05, 0.1) is 0 Å². The van der Waals surface area contributed by atoms with Gasteiger partial charge in [0.25, 0.3) is 0 Å². The van der Waals surface area contributed by atoms with Crippen LogP contribution in [0.1, 0.15) is 47.0 Å². The first-order valence-electron chi connectivity index (χ1n) is 5.51. The molecule has 1 aliphatic heterocycles. The maximum absolute atomic E-state index is 11.2. The number of carbonyl (C=O) groups is 1. The van der Waals surface area contributed by atoms with Crippen LogP contribution in [0.2, 0.25) is 0 Å². The summed E-state index contributed by atoms with van der Waals surface area (Å²) < 4.78 is 0. The van der Waals surface area contributed by atoms with E-state index in [0.717, 1.165) is 25.9 Å². The molecular weight excluding hydrogens is 162 g/mol. The summed E-state index contributed by atoms with van der Waals surface area (Å²) in [6.07, 6.45) is 3.01. The number of carbonyl (C=O) groups excluding carboxylic acids is 1. The molecular formula is C11H23NO. The summed E-state index contributed by atoms with van der Waals surface area (Å²) in [6, 6.07) is 0. The van der Waals surface area contributed by atoms with Gasteiger partial charge in [0, 0.05) is 19.5 Å². The molecule has 1 saturated heterocycles. The van der Waals surface area contributed by atoms with Gasteiger partial charge >= 0.3 is 0 Å². The molecule has 1 atom stereocenters. The first-order valence-corrected chi connectivity index (χ1v) is 5.51. The second-order valence-corrected chi connectivity index (χ2v) is 3.46. The fraction of sp³-hybridized carbons (Fsp3) is 0.909. The summed E-state index contributed by atoms with van der Waals surface area (Å²) in [5.74, 6) is 1.02. The molecule has 2 heteroatoms. The highest BCUT2D eigenvalue weighted by molar-refractivity contribution is 5.78. The van der Waals surface area contributed by atoms with Crippen LogP contribution >= 0.6 is 0 Å². The predicted molar refractivity (Wildman–Crippen MR) is 56.6 cm³/mol. The molecule has 1 aliphatic rings. The zero-order valence-electron chi connectivity index (χ0n) is 9.47. The molecule has 0 bridgehead atoms. The van der Waals surface area contributed by atoms with Crippen LogP contribution in [-0.2, 0) is 4.79 Å². The van der Waals surface area contributed by atoms with Crippen molar-refractivity contribution in [3.63, 3.8) is 0 Å². The first kappa shape index (κ1) is 12.5. The van der Waals surface area contributed by atoms with Crippen LogP contribution in [0.5, 0.6) is 0 Å². The van der Waals surface area contributed by atoms with Crippen LogP contribution in [0.4, 0.5) is 0 Å². The molecule has 0 unspecified atom stereocenters. The number of hydrogen-bond donors (Lipinski definition) is 0. The Morgan fingerprint density at radius 1 is 1.46 bits per heavy atom. The van der Waals surface area contributed by atoms with Crippen LogP contribution in [0.15, 0.2) is 0 Å². The first-order chi connectivity index (χ1) is 6.24. The fourth-order valence-electron chi connectivity index (χ4n) is 1.40. The van der Waals surface area contributed by atoms with Crippen molar-refractivity contribution in [2.75, 3.05) is 13.1 Å². The molecule has 78 valence electrons. The highest BCUT2D eigenvalue weighted by Gasteiger charge is 2.20. The van der Waals surface area contributed by atoms with Gasteiger partial charge in [-0.25, -0.2) is 0 Å². The van der Waals surface area contributed by atoms with E-state index in [1.54, 1.807) is 0 Å². The van der Waals surface area contributed by atoms with E-state index in [2.05, 4.69) is 13.8 Å². The van der Waals surface area contributed by atoms with Gasteiger partial charge in [-0.1, -0.05) is 34.1 Å². The zero-order valence-corrected chi connectivity index (χ0v) is 9.47. The van der Waals surface area contributed by atoms with E-state index < -0.39 is 0 Å². The third-order valence-electron chi connectivity index (χ3n) is 2.40. The topological polar surface area (TPSA) is 20.3 Å². The average molecular weight is 185 g/mol. The van der Waals surface area contributed by atoms with Gasteiger partial charge in [-0.2, -0.15) is 0 Å². The Bertz CT molecular complexity index is 145. The largest absolute Gasteiger partial charge is 0.342 e. The maximum Gasteiger partial charge on any atom is 0.222 e. The van der Waals surface area contributed by atoms with Crippen LogP contribution < -0.4 is 0 Å². The maximum atomic E-state index is 11.2. The lowest BCUT2D eigenvalue weighted by Gasteiger charge is -2.19. The number of amides is 1. The third kappa shape index (κ3) is 4.30. The van der Waals surface area contributed by atoms with Crippen molar-refractivity contribution in [1.29, 1.82) is 0 Å². The summed E-state index contributed by atoms with van der Waals surface area (Å²) in [7, 11) is 0. The van der Waals surface area contributed by atoms with Crippen molar-refractivity contribution in [3.8, 4) is 0 Å². The van der Waals surface area contributed by atoms with E-state index in [9.17, 15) is 4.79 Å². The molecule has 0 aromatic heterocycles. The van der Waals surface area contributed by atoms with Crippen LogP contribution in [-0.4, -0.2) is 23.9 Å². The lowest BCUT2D eigenvalue weighted by molar-refractivity contribution is -0.128. The van der Waals surface area contributed by atoms with Crippen LogP contribution in [0.25, 0.3) is 0 Å². The van der Waals surface area contributed by atoms with Crippen LogP contribution in [0.3, 0.4) is 0 Å². The summed E-state index contributed by atoms with van der Waals surface area (Å²) >= 11 is 0. The lowest BCUT2D eigenvalue weighted by Crippen LogP contribution is -2.29. The highest BCUT2D eigenvalue weighted by Crippen LogP contribution is 2.13. The fourth-order valence-corrected chi connectivity index (χ4v) is 1.40. The third-order valence-corrected chi connectivity index (χ3v) is 2.40. The molecule has 0 N–H and O–H groups in total. The molecule has 1 fully saturated rings. The number of nitrogens with zero attached hydrogens (tertiary/aromatic N) is 1. The summed E-state index contributed by atoms with van der Waals surface area (Å²) in [4.78, 5) is 13.1. The Balaban J connectivity index is 0.000000671. The normalized spacial score (nSPS) is 18.2. The Morgan fingerprint density at radius 3 is 2.46 bits per heavy atom. The van der Waals surface area contributed by atoms with E-state index in [1.165, 1.54) is 6.42 Å². The van der Waals surface area contributed by atoms with Crippen molar-refractivity contribution in [2.24, 2.45) is 5.92 Å². The van der Waals surface area contributed by atoms with Crippen molar-refractivity contribution in [3.05, 3.63) is 0 Å². The minimum Gasteiger partial charge on any atom is -0.342 e. The molecule has 1 heterocycles. The molecule has 1 rings (SSSR count). The van der Waals surface area contributed by atoms with E-state index >= 15 is 0 Å². The molecule has 13 heavy (non-hydrogen) atoms. The zero-order chi connectivity index (χ0) is 10.3. The Kier molecular flexibility index (Phi) is 6.65. The number of hydrogen-bond acceptors (Lipinski definition) is 1. The smallest absolute Gasteiger partial charge is 0.222 e. The van der Waals surface area contributed by atoms with E-state index in [-0.39, 0.29) is 0 Å². The van der Waals surface area contributed by atoms with E-state index in [4.69, 9.17) is 0 Å². The van der Waals surface area contributed by atoms with Crippen molar-refractivity contribution >= 4 is 5.91 Å². The SMILES string of the molecule is CC.CC[C@H](C)CN1CCCC1=O. The molecule has 1 amide bonds. The second-order valence-electron chi connectivity index (χ2n) is 3.46. The summed E-state index contributed by atoms with van der Waals surface area (Å²) in [5, 5.41) is 0. The minimum absolute atomic E-state index is 0.352. The summed E-state index contributed by atoms with van der Waals surface area (Å²) in [6.45, 7) is 10.3. The van der Waals surface area contributed by atoms with Crippen molar-refractivity contribution in [2.45, 2.75) is 47.0 Å². The molecule has 2 nitrogen and oxygen atoms in total. The molecule has 0 saturated carbocycles. The molecule has 0 aromatic rings. The average Bonchev–Trinajstić information content (AvgIpc) is 2.55. The number of likely N-dealkylation sites (tertiary alicyclic amines) is 1. The Labute approximate surface area is 82.3 Å². The summed E-state index contributed by atoms with van der Waals surface area (Å²) in [5.41, 5.74) is 0. The van der Waals surface area contributed by atoms with Gasteiger partial charge in [-0.05, 0) is 12.3 Å². The van der Waals surface area contributed by atoms with E-state index in [0.29, 0.717) is 11.8 Å². The van der Waals surface area contributed by atoms with Crippen LogP contribution in [0, 0.1) is 5.92 Å². The van der Waals surface area contributed by atoms with Gasteiger partial charge in [0.1, 0.15) is 0 Å².